The second-order valence-corrected chi connectivity index (χ2v) is 6.96. The number of benzene rings is 2. The number of phenols is 1. The fourth-order valence-electron chi connectivity index (χ4n) is 3.55. The lowest BCUT2D eigenvalue weighted by Gasteiger charge is -2.14. The molecule has 31 heavy (non-hydrogen) atoms. The van der Waals surface area contributed by atoms with Crippen molar-refractivity contribution in [3.8, 4) is 17.2 Å². The van der Waals surface area contributed by atoms with Crippen LogP contribution in [0.25, 0.3) is 10.9 Å². The van der Waals surface area contributed by atoms with Gasteiger partial charge in [-0.05, 0) is 41.7 Å². The highest BCUT2D eigenvalue weighted by Gasteiger charge is 2.12. The van der Waals surface area contributed by atoms with Gasteiger partial charge in [0.1, 0.15) is 0 Å². The van der Waals surface area contributed by atoms with Gasteiger partial charge in [-0.25, -0.2) is 0 Å². The Kier molecular flexibility index (Phi) is 9.29. The summed E-state index contributed by atoms with van der Waals surface area (Å²) < 4.78 is 10.4. The summed E-state index contributed by atoms with van der Waals surface area (Å²) in [6.45, 7) is 3.44. The van der Waals surface area contributed by atoms with Crippen LogP contribution in [-0.2, 0) is 19.4 Å². The summed E-state index contributed by atoms with van der Waals surface area (Å²) in [7, 11) is 4.77. The summed E-state index contributed by atoms with van der Waals surface area (Å²) in [4.78, 5) is 7.70. The number of aromatic nitrogens is 1. The number of hydrogen-bond donors (Lipinski definition) is 4. The number of ether oxygens (including phenoxy) is 2. The van der Waals surface area contributed by atoms with E-state index >= 15 is 0 Å². The van der Waals surface area contributed by atoms with Crippen LogP contribution < -0.4 is 20.1 Å². The van der Waals surface area contributed by atoms with Crippen molar-refractivity contribution in [3.05, 3.63) is 53.2 Å². The number of methoxy groups -OCH3 is 2. The van der Waals surface area contributed by atoms with E-state index in [0.717, 1.165) is 24.9 Å². The molecule has 0 bridgehead atoms. The third kappa shape index (κ3) is 5.75. The molecule has 1 heterocycles. The summed E-state index contributed by atoms with van der Waals surface area (Å²) in [6.07, 6.45) is 3.99. The van der Waals surface area contributed by atoms with E-state index in [4.69, 9.17) is 9.47 Å². The van der Waals surface area contributed by atoms with E-state index in [-0.39, 0.29) is 29.7 Å². The van der Waals surface area contributed by atoms with Crippen LogP contribution in [0.4, 0.5) is 0 Å². The number of guanidine groups is 1. The lowest BCUT2D eigenvalue weighted by Crippen LogP contribution is -2.37. The van der Waals surface area contributed by atoms with Crippen molar-refractivity contribution in [1.82, 2.24) is 15.6 Å². The van der Waals surface area contributed by atoms with Gasteiger partial charge in [-0.2, -0.15) is 0 Å². The molecule has 0 aliphatic rings. The molecule has 2 aromatic carbocycles. The highest BCUT2D eigenvalue weighted by Crippen LogP contribution is 2.37. The van der Waals surface area contributed by atoms with Crippen molar-refractivity contribution in [2.75, 3.05) is 27.8 Å². The molecule has 8 heteroatoms. The Hall–Kier alpha value is -2.62. The van der Waals surface area contributed by atoms with Crippen LogP contribution in [0, 0.1) is 0 Å². The smallest absolute Gasteiger partial charge is 0.200 e. The van der Waals surface area contributed by atoms with Crippen LogP contribution in [0.3, 0.4) is 0 Å². The monoisotopic (exact) mass is 538 g/mol. The van der Waals surface area contributed by atoms with Crippen molar-refractivity contribution in [3.63, 3.8) is 0 Å². The van der Waals surface area contributed by atoms with Crippen molar-refractivity contribution in [1.29, 1.82) is 0 Å². The molecule has 1 aromatic heterocycles. The zero-order chi connectivity index (χ0) is 21.5. The molecule has 0 fully saturated rings. The van der Waals surface area contributed by atoms with E-state index in [2.05, 4.69) is 51.9 Å². The molecule has 3 rings (SSSR count). The van der Waals surface area contributed by atoms with E-state index in [1.807, 2.05) is 0 Å². The minimum absolute atomic E-state index is 0. The molecule has 0 spiro atoms. The SMILES string of the molecule is CCc1cccc2c(CCNC(=NC)NCc3cc(OC)c(O)c(OC)c3)c[nH]c12.I. The molecule has 0 atom stereocenters. The zero-order valence-electron chi connectivity index (χ0n) is 18.4. The number of rotatable bonds is 8. The first-order valence-corrected chi connectivity index (χ1v) is 10.1. The lowest BCUT2D eigenvalue weighted by atomic mass is 10.1. The maximum absolute atomic E-state index is 10.0. The molecule has 0 radical (unpaired) electrons. The lowest BCUT2D eigenvalue weighted by molar-refractivity contribution is 0.339. The Labute approximate surface area is 200 Å². The Balaban J connectivity index is 0.00000341. The number of fused-ring (bicyclic) bond motifs is 1. The molecule has 0 saturated heterocycles. The summed E-state index contributed by atoms with van der Waals surface area (Å²) >= 11 is 0. The number of aryl methyl sites for hydroxylation is 1. The second kappa shape index (κ2) is 11.7. The molecule has 0 unspecified atom stereocenters. The molecule has 4 N–H and O–H groups in total. The standard InChI is InChI=1S/C23H30N4O3.HI/c1-5-16-7-6-8-18-17(14-26-21(16)18)9-10-25-23(24-2)27-13-15-11-19(29-3)22(28)20(12-15)30-4;/h6-8,11-12,14,26,28H,5,9-10,13H2,1-4H3,(H2,24,25,27);1H. The minimum Gasteiger partial charge on any atom is -0.502 e. The first-order chi connectivity index (χ1) is 14.6. The topological polar surface area (TPSA) is 90.9 Å². The van der Waals surface area contributed by atoms with Gasteiger partial charge in [0.25, 0.3) is 0 Å². The normalized spacial score (nSPS) is 11.2. The third-order valence-electron chi connectivity index (χ3n) is 5.18. The molecular formula is C23H31IN4O3. The van der Waals surface area contributed by atoms with Crippen LogP contribution in [-0.4, -0.2) is 43.9 Å². The van der Waals surface area contributed by atoms with Gasteiger partial charge in [0.15, 0.2) is 17.5 Å². The summed E-state index contributed by atoms with van der Waals surface area (Å²) in [6, 6.07) is 10.00. The molecule has 0 aliphatic carbocycles. The number of nitrogens with zero attached hydrogens (tertiary/aromatic N) is 1. The first kappa shape index (κ1) is 24.6. The van der Waals surface area contributed by atoms with Crippen molar-refractivity contribution in [2.45, 2.75) is 26.3 Å². The Morgan fingerprint density at radius 2 is 1.81 bits per heavy atom. The van der Waals surface area contributed by atoms with E-state index in [1.165, 1.54) is 36.2 Å². The maximum atomic E-state index is 10.0. The molecule has 0 amide bonds. The fourth-order valence-corrected chi connectivity index (χ4v) is 3.55. The van der Waals surface area contributed by atoms with Crippen LogP contribution in [0.15, 0.2) is 41.5 Å². The van der Waals surface area contributed by atoms with Gasteiger partial charge in [-0.15, -0.1) is 24.0 Å². The average Bonchev–Trinajstić information content (AvgIpc) is 3.19. The van der Waals surface area contributed by atoms with Crippen LogP contribution >= 0.6 is 24.0 Å². The van der Waals surface area contributed by atoms with Crippen LogP contribution in [0.2, 0.25) is 0 Å². The van der Waals surface area contributed by atoms with Crippen LogP contribution in [0.5, 0.6) is 17.2 Å². The molecule has 3 aromatic rings. The molecule has 7 nitrogen and oxygen atoms in total. The van der Waals surface area contributed by atoms with Crippen molar-refractivity contribution >= 4 is 40.8 Å². The number of para-hydroxylation sites is 1. The number of aliphatic imine (C=N–C) groups is 1. The van der Waals surface area contributed by atoms with Crippen molar-refractivity contribution in [2.24, 2.45) is 4.99 Å². The zero-order valence-corrected chi connectivity index (χ0v) is 20.7. The van der Waals surface area contributed by atoms with Gasteiger partial charge in [-0.1, -0.05) is 25.1 Å². The number of halogens is 1. The Bertz CT molecular complexity index is 1010. The predicted molar refractivity (Wildman–Crippen MR) is 136 cm³/mol. The number of phenolic OH excluding ortho intramolecular Hbond substituents is 1. The largest absolute Gasteiger partial charge is 0.502 e. The summed E-state index contributed by atoms with van der Waals surface area (Å²) in [5, 5.41) is 18.0. The third-order valence-corrected chi connectivity index (χ3v) is 5.18. The Morgan fingerprint density at radius 3 is 2.42 bits per heavy atom. The number of hydrogen-bond acceptors (Lipinski definition) is 4. The summed E-state index contributed by atoms with van der Waals surface area (Å²) in [5.74, 6) is 1.45. The fraction of sp³-hybridized carbons (Fsp3) is 0.348. The predicted octanol–water partition coefficient (Wildman–Crippen LogP) is 3.98. The molecule has 168 valence electrons. The average molecular weight is 538 g/mol. The number of aromatic amines is 1. The first-order valence-electron chi connectivity index (χ1n) is 10.1. The molecule has 0 saturated carbocycles. The van der Waals surface area contributed by atoms with Gasteiger partial charge in [0.05, 0.1) is 14.2 Å². The second-order valence-electron chi connectivity index (χ2n) is 6.96. The minimum atomic E-state index is -0.00350. The van der Waals surface area contributed by atoms with E-state index in [9.17, 15) is 5.11 Å². The Morgan fingerprint density at radius 1 is 1.10 bits per heavy atom. The van der Waals surface area contributed by atoms with E-state index in [0.29, 0.717) is 24.0 Å². The van der Waals surface area contributed by atoms with Crippen LogP contribution in [0.1, 0.15) is 23.6 Å². The van der Waals surface area contributed by atoms with Gasteiger partial charge >= 0.3 is 0 Å². The maximum Gasteiger partial charge on any atom is 0.200 e. The molecule has 0 aliphatic heterocycles. The molecular weight excluding hydrogens is 507 g/mol. The quantitative estimate of drug-likeness (QED) is 0.198. The summed E-state index contributed by atoms with van der Waals surface area (Å²) in [5.41, 5.74) is 4.76. The van der Waals surface area contributed by atoms with Gasteiger partial charge in [-0.3, -0.25) is 4.99 Å². The van der Waals surface area contributed by atoms with E-state index in [1.54, 1.807) is 19.2 Å². The highest BCUT2D eigenvalue weighted by atomic mass is 127. The van der Waals surface area contributed by atoms with Gasteiger partial charge in [0, 0.05) is 37.2 Å². The number of aromatic hydroxyl groups is 1. The van der Waals surface area contributed by atoms with Gasteiger partial charge in [0.2, 0.25) is 5.75 Å². The number of nitrogens with one attached hydrogen (secondary N) is 3. The number of H-pyrrole nitrogens is 1. The van der Waals surface area contributed by atoms with Crippen molar-refractivity contribution < 1.29 is 14.6 Å². The highest BCUT2D eigenvalue weighted by molar-refractivity contribution is 14.0. The van der Waals surface area contributed by atoms with E-state index < -0.39 is 0 Å². The van der Waals surface area contributed by atoms with Gasteiger partial charge < -0.3 is 30.2 Å².